The molecule has 0 radical (unpaired) electrons. The maximum atomic E-state index is 13.4. The zero-order valence-corrected chi connectivity index (χ0v) is 12.0. The van der Waals surface area contributed by atoms with Gasteiger partial charge in [0.15, 0.2) is 18.2 Å². The van der Waals surface area contributed by atoms with Gasteiger partial charge in [-0.25, -0.2) is 14.1 Å². The van der Waals surface area contributed by atoms with E-state index in [9.17, 15) is 9.18 Å². The summed E-state index contributed by atoms with van der Waals surface area (Å²) in [4.78, 5) is 15.9. The first-order valence-electron chi connectivity index (χ1n) is 6.85. The Hall–Kier alpha value is -3.22. The van der Waals surface area contributed by atoms with E-state index in [0.717, 1.165) is 0 Å². The van der Waals surface area contributed by atoms with Crippen molar-refractivity contribution in [1.82, 2.24) is 14.8 Å². The Bertz CT molecular complexity index is 805. The average Bonchev–Trinajstić information content (AvgIpc) is 3.09. The molecule has 0 aliphatic carbocycles. The number of halogens is 1. The highest BCUT2D eigenvalue weighted by Gasteiger charge is 2.10. The molecule has 1 N–H and O–H groups in total. The minimum absolute atomic E-state index is 0.0345. The molecule has 6 nitrogen and oxygen atoms in total. The number of nitrogens with one attached hydrogen (secondary N) is 1. The molecule has 116 valence electrons. The average molecular weight is 312 g/mol. The van der Waals surface area contributed by atoms with Crippen LogP contribution in [0, 0.1) is 5.82 Å². The van der Waals surface area contributed by atoms with Gasteiger partial charge in [0.2, 0.25) is 0 Å². The fraction of sp³-hybridized carbons (Fsp3) is 0.0625. The summed E-state index contributed by atoms with van der Waals surface area (Å²) in [7, 11) is 0. The fourth-order valence-electron chi connectivity index (χ4n) is 2.00. The van der Waals surface area contributed by atoms with Crippen LogP contribution in [-0.2, 0) is 4.79 Å². The Morgan fingerprint density at radius 1 is 1.17 bits per heavy atom. The van der Waals surface area contributed by atoms with E-state index in [1.807, 2.05) is 6.07 Å². The highest BCUT2D eigenvalue weighted by atomic mass is 19.1. The number of rotatable bonds is 5. The summed E-state index contributed by atoms with van der Waals surface area (Å²) in [5.74, 6) is -0.878. The van der Waals surface area contributed by atoms with Crippen molar-refractivity contribution in [3.8, 4) is 11.4 Å². The fourth-order valence-corrected chi connectivity index (χ4v) is 2.00. The Balaban J connectivity index is 1.68. The van der Waals surface area contributed by atoms with Gasteiger partial charge in [-0.2, -0.15) is 5.10 Å². The summed E-state index contributed by atoms with van der Waals surface area (Å²) in [6.07, 6.45) is 2.93. The molecule has 1 amide bonds. The van der Waals surface area contributed by atoms with Gasteiger partial charge < -0.3 is 10.1 Å². The van der Waals surface area contributed by atoms with Gasteiger partial charge in [-0.1, -0.05) is 24.3 Å². The number of nitrogens with zero attached hydrogens (tertiary/aromatic N) is 3. The summed E-state index contributed by atoms with van der Waals surface area (Å²) in [6.45, 7) is -0.299. The van der Waals surface area contributed by atoms with Crippen LogP contribution in [0.25, 0.3) is 5.69 Å². The second-order valence-electron chi connectivity index (χ2n) is 4.62. The molecule has 0 bridgehead atoms. The maximum Gasteiger partial charge on any atom is 0.262 e. The van der Waals surface area contributed by atoms with Crippen molar-refractivity contribution >= 4 is 11.6 Å². The number of anilines is 1. The number of para-hydroxylation sites is 3. The molecule has 3 aromatic rings. The smallest absolute Gasteiger partial charge is 0.262 e. The lowest BCUT2D eigenvalue weighted by Gasteiger charge is -2.11. The SMILES string of the molecule is O=C(COc1ccccc1F)Nc1ccccc1-n1cncn1. The Morgan fingerprint density at radius 2 is 1.96 bits per heavy atom. The van der Waals surface area contributed by atoms with E-state index in [0.29, 0.717) is 11.4 Å². The highest BCUT2D eigenvalue weighted by Crippen LogP contribution is 2.19. The maximum absolute atomic E-state index is 13.4. The highest BCUT2D eigenvalue weighted by molar-refractivity contribution is 5.93. The van der Waals surface area contributed by atoms with Crippen molar-refractivity contribution in [2.75, 3.05) is 11.9 Å². The number of aromatic nitrogens is 3. The van der Waals surface area contributed by atoms with E-state index in [-0.39, 0.29) is 12.4 Å². The van der Waals surface area contributed by atoms with Crippen molar-refractivity contribution in [2.45, 2.75) is 0 Å². The number of carbonyl (C=O) groups is 1. The van der Waals surface area contributed by atoms with E-state index in [2.05, 4.69) is 15.4 Å². The molecule has 0 saturated heterocycles. The lowest BCUT2D eigenvalue weighted by atomic mass is 10.2. The predicted molar refractivity (Wildman–Crippen MR) is 81.9 cm³/mol. The molecule has 0 aliphatic rings. The molecule has 0 fully saturated rings. The van der Waals surface area contributed by atoms with Gasteiger partial charge in [0.1, 0.15) is 12.7 Å². The topological polar surface area (TPSA) is 69.0 Å². The van der Waals surface area contributed by atoms with Crippen LogP contribution >= 0.6 is 0 Å². The number of amides is 1. The molecule has 0 unspecified atom stereocenters. The van der Waals surface area contributed by atoms with Gasteiger partial charge in [0.05, 0.1) is 11.4 Å². The summed E-state index contributed by atoms with van der Waals surface area (Å²) in [6, 6.07) is 13.1. The summed E-state index contributed by atoms with van der Waals surface area (Å²) >= 11 is 0. The first-order valence-corrected chi connectivity index (χ1v) is 6.85. The van der Waals surface area contributed by atoms with Gasteiger partial charge in [-0.15, -0.1) is 0 Å². The first-order chi connectivity index (χ1) is 11.2. The van der Waals surface area contributed by atoms with Gasteiger partial charge in [-0.3, -0.25) is 4.79 Å². The van der Waals surface area contributed by atoms with Crippen molar-refractivity contribution in [3.63, 3.8) is 0 Å². The van der Waals surface area contributed by atoms with Crippen LogP contribution < -0.4 is 10.1 Å². The zero-order valence-electron chi connectivity index (χ0n) is 12.0. The largest absolute Gasteiger partial charge is 0.481 e. The monoisotopic (exact) mass is 312 g/mol. The molecular weight excluding hydrogens is 299 g/mol. The Labute approximate surface area is 131 Å². The first kappa shape index (κ1) is 14.7. The third kappa shape index (κ3) is 3.52. The number of ether oxygens (including phenoxy) is 1. The normalized spacial score (nSPS) is 10.3. The van der Waals surface area contributed by atoms with Gasteiger partial charge in [-0.05, 0) is 24.3 Å². The van der Waals surface area contributed by atoms with Crippen LogP contribution in [0.15, 0.2) is 61.2 Å². The van der Waals surface area contributed by atoms with E-state index in [1.165, 1.54) is 29.5 Å². The molecule has 2 aromatic carbocycles. The van der Waals surface area contributed by atoms with Gasteiger partial charge >= 0.3 is 0 Å². The van der Waals surface area contributed by atoms with Gasteiger partial charge in [0, 0.05) is 0 Å². The van der Waals surface area contributed by atoms with E-state index in [4.69, 9.17) is 4.74 Å². The van der Waals surface area contributed by atoms with Crippen LogP contribution in [0.3, 0.4) is 0 Å². The van der Waals surface area contributed by atoms with Crippen molar-refractivity contribution in [1.29, 1.82) is 0 Å². The third-order valence-electron chi connectivity index (χ3n) is 3.04. The molecule has 1 aromatic heterocycles. The van der Waals surface area contributed by atoms with E-state index < -0.39 is 11.7 Å². The van der Waals surface area contributed by atoms with Crippen LogP contribution in [-0.4, -0.2) is 27.3 Å². The van der Waals surface area contributed by atoms with Crippen molar-refractivity contribution in [3.05, 3.63) is 67.0 Å². The summed E-state index contributed by atoms with van der Waals surface area (Å²) in [5, 5.41) is 6.75. The molecule has 0 atom stereocenters. The minimum Gasteiger partial charge on any atom is -0.481 e. The zero-order chi connectivity index (χ0) is 16.1. The lowest BCUT2D eigenvalue weighted by Crippen LogP contribution is -2.21. The summed E-state index contributed by atoms with van der Waals surface area (Å²) in [5.41, 5.74) is 1.23. The molecule has 7 heteroatoms. The van der Waals surface area contributed by atoms with Crippen molar-refractivity contribution < 1.29 is 13.9 Å². The molecule has 0 aliphatic heterocycles. The van der Waals surface area contributed by atoms with Crippen molar-refractivity contribution in [2.24, 2.45) is 0 Å². The molecule has 1 heterocycles. The summed E-state index contributed by atoms with van der Waals surface area (Å²) < 4.78 is 20.2. The standard InChI is InChI=1S/C16H13FN4O2/c17-12-5-1-4-8-15(12)23-9-16(22)20-13-6-2-3-7-14(13)21-11-18-10-19-21/h1-8,10-11H,9H2,(H,20,22). The number of hydrogen-bond donors (Lipinski definition) is 1. The number of carbonyl (C=O) groups excluding carboxylic acids is 1. The molecule has 23 heavy (non-hydrogen) atoms. The van der Waals surface area contributed by atoms with E-state index >= 15 is 0 Å². The minimum atomic E-state index is -0.511. The third-order valence-corrected chi connectivity index (χ3v) is 3.04. The van der Waals surface area contributed by atoms with Gasteiger partial charge in [0.25, 0.3) is 5.91 Å². The Morgan fingerprint density at radius 3 is 2.74 bits per heavy atom. The van der Waals surface area contributed by atoms with Crippen LogP contribution in [0.5, 0.6) is 5.75 Å². The van der Waals surface area contributed by atoms with Crippen LogP contribution in [0.2, 0.25) is 0 Å². The number of hydrogen-bond acceptors (Lipinski definition) is 4. The predicted octanol–water partition coefficient (Wildman–Crippen LogP) is 2.42. The molecular formula is C16H13FN4O2. The quantitative estimate of drug-likeness (QED) is 0.785. The molecule has 3 rings (SSSR count). The van der Waals surface area contributed by atoms with Crippen LogP contribution in [0.4, 0.5) is 10.1 Å². The Kier molecular flexibility index (Phi) is 4.28. The second kappa shape index (κ2) is 6.69. The second-order valence-corrected chi connectivity index (χ2v) is 4.62. The molecule has 0 saturated carbocycles. The van der Waals surface area contributed by atoms with Crippen LogP contribution in [0.1, 0.15) is 0 Å². The molecule has 0 spiro atoms. The van der Waals surface area contributed by atoms with E-state index in [1.54, 1.807) is 30.3 Å². The lowest BCUT2D eigenvalue weighted by molar-refractivity contribution is -0.118. The number of benzene rings is 2.